The zero-order valence-corrected chi connectivity index (χ0v) is 54.6. The molecule has 6 aliphatic rings. The Kier molecular flexibility index (Phi) is 20.2. The average Bonchev–Trinajstić information content (AvgIpc) is 1.56. The monoisotopic (exact) mass is 1280 g/mol. The fraction of sp³-hybridized carbons (Fsp3) is 0.456. The summed E-state index contributed by atoms with van der Waals surface area (Å²) in [6, 6.07) is 18.2. The highest BCUT2D eigenvalue weighted by atomic mass is 28.4. The standard InChI is InChI=1S/C68H83N7O16Si/c1-11-28-88-65(80)71-27-14-16-51(71)60(76)70-59(42(4)13-3)61(77)69-46-21-17-43(18-22-46)40-90-67(82)75-53-36-58(56(85-7)34-50(53)63(79)74-41-68(25-26-68)37-54(74)64(75)91-92(8,9)10)87-31-15-30-86-57-35-52-49(33-55(57)84-6)62(78)72-38-45(44-19-23-48(83-5)24-20-44)32-47(72)39-73(52)66(81)89-29-12-2/h11-12,17-24,33-36,38,42,47,51,54,59,64H,1-2,13-16,25-32,37,39-41H2,3-10H3,(H,69,77)(H,70,76)/t42?,47-,51-,54-,59?,64?/m0/s1. The third-order valence-electron chi connectivity index (χ3n) is 17.7. The number of likely N-dealkylation sites (tertiary alicyclic amines) is 1. The number of hydrogen-bond donors (Lipinski definition) is 2. The van der Waals surface area contributed by atoms with Crippen molar-refractivity contribution < 1.29 is 75.9 Å². The predicted octanol–water partition coefficient (Wildman–Crippen LogP) is 10.5. The lowest BCUT2D eigenvalue weighted by Crippen LogP contribution is -2.55. The summed E-state index contributed by atoms with van der Waals surface area (Å²) in [5.41, 5.74) is 3.74. The zero-order chi connectivity index (χ0) is 65.6. The third kappa shape index (κ3) is 14.3. The first-order valence-corrected chi connectivity index (χ1v) is 34.7. The number of rotatable bonds is 24. The Morgan fingerprint density at radius 2 is 1.41 bits per heavy atom. The van der Waals surface area contributed by atoms with Gasteiger partial charge < -0.3 is 62.8 Å². The van der Waals surface area contributed by atoms with Crippen LogP contribution < -0.4 is 44.1 Å². The Hall–Kier alpha value is -9.03. The molecule has 1 saturated carbocycles. The predicted molar refractivity (Wildman–Crippen MR) is 346 cm³/mol. The molecule has 7 amide bonds. The summed E-state index contributed by atoms with van der Waals surface area (Å²) >= 11 is 0. The van der Waals surface area contributed by atoms with Gasteiger partial charge in [-0.05, 0) is 123 Å². The van der Waals surface area contributed by atoms with E-state index in [0.29, 0.717) is 68.6 Å². The molecular weight excluding hydrogens is 1200 g/mol. The zero-order valence-electron chi connectivity index (χ0n) is 53.6. The first kappa shape index (κ1) is 65.9. The molecule has 24 heteroatoms. The summed E-state index contributed by atoms with van der Waals surface area (Å²) in [6.45, 7) is 18.1. The maximum atomic E-state index is 15.1. The molecule has 5 heterocycles. The van der Waals surface area contributed by atoms with E-state index in [4.69, 9.17) is 42.3 Å². The molecule has 2 N–H and O–H groups in total. The number of benzene rings is 4. The molecular formula is C68H83N7O16Si. The Labute approximate surface area is 537 Å². The maximum Gasteiger partial charge on any atom is 0.416 e. The molecule has 1 aliphatic carbocycles. The molecule has 5 aliphatic heterocycles. The number of carbonyl (C=O) groups is 7. The molecule has 3 unspecified atom stereocenters. The fourth-order valence-electron chi connectivity index (χ4n) is 12.5. The number of ether oxygens (including phenoxy) is 8. The van der Waals surface area contributed by atoms with Crippen LogP contribution in [0.4, 0.5) is 31.4 Å². The molecule has 0 bridgehead atoms. The molecule has 0 aromatic heterocycles. The molecule has 6 atom stereocenters. The van der Waals surface area contributed by atoms with Crippen LogP contribution in [0.3, 0.4) is 0 Å². The second kappa shape index (κ2) is 28.2. The summed E-state index contributed by atoms with van der Waals surface area (Å²) in [7, 11) is 2.05. The summed E-state index contributed by atoms with van der Waals surface area (Å²) < 4.78 is 53.8. The third-order valence-corrected chi connectivity index (χ3v) is 18.6. The molecule has 0 radical (unpaired) electrons. The number of fused-ring (bicyclic) bond motifs is 4. The van der Waals surface area contributed by atoms with Crippen molar-refractivity contribution in [2.45, 2.75) is 122 Å². The van der Waals surface area contributed by atoms with E-state index in [2.05, 4.69) is 23.8 Å². The van der Waals surface area contributed by atoms with Crippen LogP contribution in [0, 0.1) is 11.3 Å². The van der Waals surface area contributed by atoms with Gasteiger partial charge >= 0.3 is 18.3 Å². The van der Waals surface area contributed by atoms with E-state index >= 15 is 4.79 Å². The van der Waals surface area contributed by atoms with E-state index in [1.54, 1.807) is 60.5 Å². The summed E-state index contributed by atoms with van der Waals surface area (Å²) in [6.07, 6.45) is 6.74. The van der Waals surface area contributed by atoms with Gasteiger partial charge in [0.2, 0.25) is 11.8 Å². The maximum absolute atomic E-state index is 15.1. The van der Waals surface area contributed by atoms with E-state index in [1.165, 1.54) is 41.1 Å². The number of hydrogen-bond acceptors (Lipinski definition) is 16. The minimum Gasteiger partial charge on any atom is -0.497 e. The average molecular weight is 1280 g/mol. The van der Waals surface area contributed by atoms with E-state index in [0.717, 1.165) is 24.0 Å². The van der Waals surface area contributed by atoms with Gasteiger partial charge in [-0.25, -0.2) is 19.3 Å². The van der Waals surface area contributed by atoms with E-state index < -0.39 is 68.8 Å². The van der Waals surface area contributed by atoms with Crippen molar-refractivity contribution in [3.8, 4) is 28.7 Å². The normalized spacial score (nSPS) is 20.0. The molecule has 92 heavy (non-hydrogen) atoms. The molecule has 2 saturated heterocycles. The van der Waals surface area contributed by atoms with Gasteiger partial charge in [0.05, 0.1) is 75.7 Å². The van der Waals surface area contributed by atoms with E-state index in [9.17, 15) is 28.8 Å². The Morgan fingerprint density at radius 3 is 2.02 bits per heavy atom. The van der Waals surface area contributed by atoms with Gasteiger partial charge in [-0.3, -0.25) is 29.0 Å². The summed E-state index contributed by atoms with van der Waals surface area (Å²) in [4.78, 5) is 106. The first-order valence-electron chi connectivity index (χ1n) is 31.3. The smallest absolute Gasteiger partial charge is 0.416 e. The Bertz CT molecular complexity index is 3500. The van der Waals surface area contributed by atoms with Crippen molar-refractivity contribution in [3.63, 3.8) is 0 Å². The lowest BCUT2D eigenvalue weighted by Gasteiger charge is -2.39. The van der Waals surface area contributed by atoms with Crippen molar-refractivity contribution in [3.05, 3.63) is 127 Å². The summed E-state index contributed by atoms with van der Waals surface area (Å²) in [5, 5.41) is 5.82. The van der Waals surface area contributed by atoms with Crippen molar-refractivity contribution in [2.24, 2.45) is 11.3 Å². The second-order valence-electron chi connectivity index (χ2n) is 25.0. The molecule has 1 spiro atoms. The van der Waals surface area contributed by atoms with Gasteiger partial charge in [-0.1, -0.05) is 69.8 Å². The van der Waals surface area contributed by atoms with Gasteiger partial charge in [0, 0.05) is 43.5 Å². The molecule has 10 rings (SSSR count). The van der Waals surface area contributed by atoms with Gasteiger partial charge in [0.15, 0.2) is 37.5 Å². The highest BCUT2D eigenvalue weighted by Gasteiger charge is 2.59. The van der Waals surface area contributed by atoms with Crippen LogP contribution in [0.15, 0.2) is 104 Å². The number of nitrogens with one attached hydrogen (secondary N) is 2. The second-order valence-corrected chi connectivity index (χ2v) is 29.5. The van der Waals surface area contributed by atoms with Crippen molar-refractivity contribution in [2.75, 3.05) is 82.5 Å². The van der Waals surface area contributed by atoms with Crippen LogP contribution >= 0.6 is 0 Å². The minimum atomic E-state index is -2.49. The van der Waals surface area contributed by atoms with Gasteiger partial charge in [-0.15, -0.1) is 0 Å². The SMILES string of the molecule is C=CCOC(=O)N1C[C@@H]2CC(c3ccc(OC)cc3)=CN2C(=O)c2cc(OC)c(OCCCOc3cc4c(cc3OC)C(=O)N3CC5(CC5)C[C@H]3C(O[Si](C)(C)C)N4C(=O)OCc3ccc(NC(=O)C(NC(=O)[C@@H]4CCCN4C(=O)OCC=C)C(C)CC)cc3)cc21. The van der Waals surface area contributed by atoms with Gasteiger partial charge in [0.25, 0.3) is 11.8 Å². The van der Waals surface area contributed by atoms with Crippen LogP contribution in [0.1, 0.15) is 97.1 Å². The van der Waals surface area contributed by atoms with Crippen molar-refractivity contribution in [1.29, 1.82) is 0 Å². The number of amides is 7. The van der Waals surface area contributed by atoms with Gasteiger partial charge in [-0.2, -0.15) is 0 Å². The van der Waals surface area contributed by atoms with Crippen molar-refractivity contribution >= 4 is 72.9 Å². The van der Waals surface area contributed by atoms with E-state index in [1.807, 2.05) is 68.9 Å². The molecule has 3 fully saturated rings. The quantitative estimate of drug-likeness (QED) is 0.0287. The minimum absolute atomic E-state index is 0.0126. The van der Waals surface area contributed by atoms with Crippen LogP contribution in [0.25, 0.3) is 5.57 Å². The highest BCUT2D eigenvalue weighted by Crippen LogP contribution is 2.57. The summed E-state index contributed by atoms with van der Waals surface area (Å²) in [5.74, 6) is -0.00560. The number of nitrogens with zero attached hydrogens (tertiary/aromatic N) is 5. The fourth-order valence-corrected chi connectivity index (χ4v) is 13.5. The Morgan fingerprint density at radius 1 is 0.772 bits per heavy atom. The van der Waals surface area contributed by atoms with Crippen LogP contribution in [0.5, 0.6) is 28.7 Å². The number of carbonyl (C=O) groups excluding carboxylic acids is 7. The topological polar surface area (TPSA) is 243 Å². The Balaban J connectivity index is 0.850. The largest absolute Gasteiger partial charge is 0.497 e. The molecule has 4 aromatic rings. The van der Waals surface area contributed by atoms with E-state index in [-0.39, 0.29) is 108 Å². The van der Waals surface area contributed by atoms with Crippen LogP contribution in [-0.4, -0.2) is 163 Å². The lowest BCUT2D eigenvalue weighted by molar-refractivity contribution is -0.130. The molecule has 23 nitrogen and oxygen atoms in total. The molecule has 4 aromatic carbocycles. The molecule has 490 valence electrons. The number of anilines is 3. The van der Waals surface area contributed by atoms with Crippen LogP contribution in [0.2, 0.25) is 19.6 Å². The van der Waals surface area contributed by atoms with Gasteiger partial charge in [0.1, 0.15) is 37.7 Å². The van der Waals surface area contributed by atoms with Crippen LogP contribution in [-0.2, 0) is 34.8 Å². The first-order chi connectivity index (χ1) is 44.2. The van der Waals surface area contributed by atoms with Crippen molar-refractivity contribution in [1.82, 2.24) is 20.0 Å². The lowest BCUT2D eigenvalue weighted by atomic mass is 9.97. The highest BCUT2D eigenvalue weighted by molar-refractivity contribution is 6.69. The number of methoxy groups -OCH3 is 3.